The van der Waals surface area contributed by atoms with Gasteiger partial charge in [-0.1, -0.05) is 24.7 Å². The Bertz CT molecular complexity index is 527. The second-order valence-electron chi connectivity index (χ2n) is 4.84. The van der Waals surface area contributed by atoms with Crippen LogP contribution in [0.4, 0.5) is 5.13 Å². The maximum Gasteiger partial charge on any atom is 0.229 e. The SMILES string of the molecule is CCCCc1nnc(NC(=O)CCN2C(=O)CCC2=O)s1. The van der Waals surface area contributed by atoms with Crippen LogP contribution < -0.4 is 5.32 Å². The summed E-state index contributed by atoms with van der Waals surface area (Å²) in [4.78, 5) is 35.8. The maximum atomic E-state index is 11.8. The monoisotopic (exact) mass is 310 g/mol. The van der Waals surface area contributed by atoms with Crippen LogP contribution in [0.5, 0.6) is 0 Å². The number of nitrogens with zero attached hydrogens (tertiary/aromatic N) is 3. The molecule has 1 aromatic rings. The third-order valence-electron chi connectivity index (χ3n) is 3.17. The number of nitrogens with one attached hydrogen (secondary N) is 1. The lowest BCUT2D eigenvalue weighted by Gasteiger charge is -2.12. The fourth-order valence-electron chi connectivity index (χ4n) is 2.00. The smallest absolute Gasteiger partial charge is 0.229 e. The molecule has 1 aliphatic rings. The van der Waals surface area contributed by atoms with Crippen molar-refractivity contribution in [3.8, 4) is 0 Å². The first-order chi connectivity index (χ1) is 10.1. The Labute approximate surface area is 126 Å². The van der Waals surface area contributed by atoms with E-state index in [1.54, 1.807) is 0 Å². The summed E-state index contributed by atoms with van der Waals surface area (Å²) in [6.45, 7) is 2.23. The molecule has 1 fully saturated rings. The van der Waals surface area contributed by atoms with Gasteiger partial charge in [-0.2, -0.15) is 0 Å². The number of imide groups is 1. The highest BCUT2D eigenvalue weighted by molar-refractivity contribution is 7.15. The van der Waals surface area contributed by atoms with E-state index in [2.05, 4.69) is 22.4 Å². The molecule has 21 heavy (non-hydrogen) atoms. The van der Waals surface area contributed by atoms with E-state index in [9.17, 15) is 14.4 Å². The summed E-state index contributed by atoms with van der Waals surface area (Å²) in [7, 11) is 0. The molecule has 1 saturated heterocycles. The zero-order valence-corrected chi connectivity index (χ0v) is 12.7. The molecule has 7 nitrogen and oxygen atoms in total. The molecule has 3 amide bonds. The van der Waals surface area contributed by atoms with Gasteiger partial charge in [0.1, 0.15) is 5.01 Å². The van der Waals surface area contributed by atoms with Crippen LogP contribution >= 0.6 is 11.3 Å². The van der Waals surface area contributed by atoms with Gasteiger partial charge in [-0.25, -0.2) is 0 Å². The Morgan fingerprint density at radius 2 is 2.00 bits per heavy atom. The second kappa shape index (κ2) is 7.26. The van der Waals surface area contributed by atoms with E-state index >= 15 is 0 Å². The fraction of sp³-hybridized carbons (Fsp3) is 0.615. The van der Waals surface area contributed by atoms with Gasteiger partial charge in [0, 0.05) is 32.2 Å². The summed E-state index contributed by atoms with van der Waals surface area (Å²) in [5, 5.41) is 11.9. The van der Waals surface area contributed by atoms with Crippen LogP contribution in [0.1, 0.15) is 44.0 Å². The molecule has 0 radical (unpaired) electrons. The molecule has 0 aliphatic carbocycles. The van der Waals surface area contributed by atoms with Crippen LogP contribution in [0.3, 0.4) is 0 Å². The fourth-order valence-corrected chi connectivity index (χ4v) is 2.80. The highest BCUT2D eigenvalue weighted by Crippen LogP contribution is 2.17. The van der Waals surface area contributed by atoms with E-state index in [-0.39, 0.29) is 43.5 Å². The Kier molecular flexibility index (Phi) is 5.38. The number of rotatable bonds is 7. The van der Waals surface area contributed by atoms with Crippen molar-refractivity contribution < 1.29 is 14.4 Å². The standard InChI is InChI=1S/C13H18N4O3S/c1-2-3-4-10-15-16-13(21-10)14-9(18)7-8-17-11(19)5-6-12(17)20/h2-8H2,1H3,(H,14,16,18). The summed E-state index contributed by atoms with van der Waals surface area (Å²) in [5.41, 5.74) is 0. The van der Waals surface area contributed by atoms with Crippen LogP contribution in [0.25, 0.3) is 0 Å². The highest BCUT2D eigenvalue weighted by atomic mass is 32.1. The van der Waals surface area contributed by atoms with E-state index in [0.29, 0.717) is 5.13 Å². The number of unbranched alkanes of at least 4 members (excludes halogenated alkanes) is 1. The van der Waals surface area contributed by atoms with E-state index in [1.807, 2.05) is 0 Å². The van der Waals surface area contributed by atoms with Gasteiger partial charge in [-0.05, 0) is 6.42 Å². The molecule has 0 aromatic carbocycles. The van der Waals surface area contributed by atoms with Gasteiger partial charge in [-0.15, -0.1) is 10.2 Å². The van der Waals surface area contributed by atoms with E-state index in [1.165, 1.54) is 11.3 Å². The number of hydrogen-bond acceptors (Lipinski definition) is 6. The van der Waals surface area contributed by atoms with E-state index in [0.717, 1.165) is 29.2 Å². The minimum atomic E-state index is -0.263. The lowest BCUT2D eigenvalue weighted by molar-refractivity contribution is -0.138. The minimum Gasteiger partial charge on any atom is -0.300 e. The van der Waals surface area contributed by atoms with Crippen molar-refractivity contribution in [3.63, 3.8) is 0 Å². The average Bonchev–Trinajstić information content (AvgIpc) is 3.02. The Morgan fingerprint density at radius 3 is 2.67 bits per heavy atom. The number of aromatic nitrogens is 2. The molecule has 2 heterocycles. The molecule has 1 N–H and O–H groups in total. The van der Waals surface area contributed by atoms with Gasteiger partial charge in [-0.3, -0.25) is 19.3 Å². The van der Waals surface area contributed by atoms with Gasteiger partial charge >= 0.3 is 0 Å². The Hall–Kier alpha value is -1.83. The largest absolute Gasteiger partial charge is 0.300 e. The predicted molar refractivity (Wildman–Crippen MR) is 77.7 cm³/mol. The number of likely N-dealkylation sites (tertiary alicyclic amines) is 1. The molecule has 0 spiro atoms. The third-order valence-corrected chi connectivity index (χ3v) is 4.07. The van der Waals surface area contributed by atoms with Crippen molar-refractivity contribution in [2.75, 3.05) is 11.9 Å². The van der Waals surface area contributed by atoms with Crippen molar-refractivity contribution in [1.82, 2.24) is 15.1 Å². The molecule has 114 valence electrons. The molecule has 1 aliphatic heterocycles. The quantitative estimate of drug-likeness (QED) is 0.768. The normalized spacial score (nSPS) is 14.8. The Balaban J connectivity index is 1.77. The lowest BCUT2D eigenvalue weighted by atomic mass is 10.3. The van der Waals surface area contributed by atoms with Crippen molar-refractivity contribution >= 4 is 34.2 Å². The number of carbonyl (C=O) groups is 3. The molecule has 0 unspecified atom stereocenters. The molecule has 2 rings (SSSR count). The van der Waals surface area contributed by atoms with Crippen molar-refractivity contribution in [2.24, 2.45) is 0 Å². The van der Waals surface area contributed by atoms with E-state index in [4.69, 9.17) is 0 Å². The first-order valence-electron chi connectivity index (χ1n) is 7.05. The third kappa shape index (κ3) is 4.32. The summed E-state index contributed by atoms with van der Waals surface area (Å²) in [6, 6.07) is 0. The van der Waals surface area contributed by atoms with Crippen molar-refractivity contribution in [1.29, 1.82) is 0 Å². The molecule has 0 saturated carbocycles. The number of amides is 3. The number of aryl methyl sites for hydroxylation is 1. The Morgan fingerprint density at radius 1 is 1.29 bits per heavy atom. The highest BCUT2D eigenvalue weighted by Gasteiger charge is 2.28. The van der Waals surface area contributed by atoms with Crippen LogP contribution in [0.2, 0.25) is 0 Å². The van der Waals surface area contributed by atoms with Crippen LogP contribution in [-0.2, 0) is 20.8 Å². The zero-order valence-electron chi connectivity index (χ0n) is 11.9. The van der Waals surface area contributed by atoms with Gasteiger partial charge < -0.3 is 5.32 Å². The summed E-state index contributed by atoms with van der Waals surface area (Å²) < 4.78 is 0. The zero-order chi connectivity index (χ0) is 15.2. The van der Waals surface area contributed by atoms with Crippen LogP contribution in [0, 0.1) is 0 Å². The van der Waals surface area contributed by atoms with Crippen LogP contribution in [-0.4, -0.2) is 39.4 Å². The van der Waals surface area contributed by atoms with Gasteiger partial charge in [0.05, 0.1) is 0 Å². The second-order valence-corrected chi connectivity index (χ2v) is 5.90. The summed E-state index contributed by atoms with van der Waals surface area (Å²) >= 11 is 1.36. The van der Waals surface area contributed by atoms with Gasteiger partial charge in [0.2, 0.25) is 22.9 Å². The molecule has 8 heteroatoms. The van der Waals surface area contributed by atoms with Crippen molar-refractivity contribution in [3.05, 3.63) is 5.01 Å². The summed E-state index contributed by atoms with van der Waals surface area (Å²) in [5.74, 6) is -0.670. The molecule has 0 bridgehead atoms. The maximum absolute atomic E-state index is 11.8. The topological polar surface area (TPSA) is 92.3 Å². The van der Waals surface area contributed by atoms with Gasteiger partial charge in [0.15, 0.2) is 0 Å². The molecular formula is C13H18N4O3S. The predicted octanol–water partition coefficient (Wildman–Crippen LogP) is 1.36. The number of carbonyl (C=O) groups excluding carboxylic acids is 3. The summed E-state index contributed by atoms with van der Waals surface area (Å²) in [6.07, 6.45) is 3.57. The molecule has 0 atom stereocenters. The first kappa shape index (κ1) is 15.6. The van der Waals surface area contributed by atoms with Crippen molar-refractivity contribution in [2.45, 2.75) is 45.4 Å². The van der Waals surface area contributed by atoms with Crippen LogP contribution in [0.15, 0.2) is 0 Å². The molecule has 1 aromatic heterocycles. The number of hydrogen-bond donors (Lipinski definition) is 1. The average molecular weight is 310 g/mol. The lowest BCUT2D eigenvalue weighted by Crippen LogP contribution is -2.32. The first-order valence-corrected chi connectivity index (χ1v) is 7.87. The minimum absolute atomic E-state index is 0.0847. The molecular weight excluding hydrogens is 292 g/mol. The van der Waals surface area contributed by atoms with E-state index < -0.39 is 0 Å². The van der Waals surface area contributed by atoms with Gasteiger partial charge in [0.25, 0.3) is 0 Å². The number of anilines is 1.